The molecule has 6 heteroatoms. The van der Waals surface area contributed by atoms with Gasteiger partial charge in [-0.15, -0.1) is 5.10 Å². The summed E-state index contributed by atoms with van der Waals surface area (Å²) in [6.07, 6.45) is 7.86. The molecule has 1 aromatic carbocycles. The van der Waals surface area contributed by atoms with Crippen molar-refractivity contribution >= 4 is 0 Å². The van der Waals surface area contributed by atoms with Crippen LogP contribution in [0.1, 0.15) is 31.2 Å². The average Bonchev–Trinajstić information content (AvgIpc) is 3.14. The molecule has 6 nitrogen and oxygen atoms in total. The van der Waals surface area contributed by atoms with Crippen LogP contribution in [0.2, 0.25) is 0 Å². The molecule has 0 radical (unpaired) electrons. The monoisotopic (exact) mass is 329 g/mol. The number of rotatable bonds is 8. The lowest BCUT2D eigenvalue weighted by Gasteiger charge is -2.32. The summed E-state index contributed by atoms with van der Waals surface area (Å²) in [4.78, 5) is 2.60. The fourth-order valence-corrected chi connectivity index (χ4v) is 3.53. The van der Waals surface area contributed by atoms with Crippen LogP contribution in [0.4, 0.5) is 0 Å². The third-order valence-corrected chi connectivity index (χ3v) is 4.83. The zero-order valence-electron chi connectivity index (χ0n) is 14.5. The number of hydrogen-bond donors (Lipinski definition) is 0. The van der Waals surface area contributed by atoms with Gasteiger partial charge in [0.1, 0.15) is 12.1 Å². The van der Waals surface area contributed by atoms with Crippen molar-refractivity contribution in [2.24, 2.45) is 5.92 Å². The van der Waals surface area contributed by atoms with Gasteiger partial charge in [-0.3, -0.25) is 0 Å². The predicted octanol–water partition coefficient (Wildman–Crippen LogP) is 2.42. The summed E-state index contributed by atoms with van der Waals surface area (Å²) in [6, 6.07) is 8.46. The van der Waals surface area contributed by atoms with E-state index in [2.05, 4.69) is 38.6 Å². The van der Waals surface area contributed by atoms with Gasteiger partial charge in [0.25, 0.3) is 0 Å². The molecule has 1 unspecified atom stereocenters. The van der Waals surface area contributed by atoms with Gasteiger partial charge in [-0.05, 0) is 79.2 Å². The lowest BCUT2D eigenvalue weighted by atomic mass is 9.91. The van der Waals surface area contributed by atoms with Crippen molar-refractivity contribution in [3.05, 3.63) is 36.2 Å². The second-order valence-corrected chi connectivity index (χ2v) is 6.63. The summed E-state index contributed by atoms with van der Waals surface area (Å²) in [7, 11) is 1.73. The molecule has 0 aliphatic carbocycles. The summed E-state index contributed by atoms with van der Waals surface area (Å²) in [6.45, 7) is 4.48. The minimum Gasteiger partial charge on any atom is -0.497 e. The fourth-order valence-electron chi connectivity index (χ4n) is 3.53. The molecule has 0 amide bonds. The van der Waals surface area contributed by atoms with Crippen molar-refractivity contribution in [2.45, 2.75) is 38.6 Å². The number of aryl methyl sites for hydroxylation is 2. The Kier molecular flexibility index (Phi) is 6.18. The summed E-state index contributed by atoms with van der Waals surface area (Å²) in [5.41, 5.74) is 1.38. The van der Waals surface area contributed by atoms with Gasteiger partial charge in [0, 0.05) is 13.1 Å². The van der Waals surface area contributed by atoms with Crippen LogP contribution in [0.15, 0.2) is 30.6 Å². The molecular formula is C18H27N5O. The number of tetrazole rings is 1. The van der Waals surface area contributed by atoms with Gasteiger partial charge >= 0.3 is 0 Å². The zero-order chi connectivity index (χ0) is 16.6. The average molecular weight is 329 g/mol. The Bertz CT molecular complexity index is 601. The van der Waals surface area contributed by atoms with Gasteiger partial charge < -0.3 is 9.64 Å². The van der Waals surface area contributed by atoms with E-state index in [1.807, 2.05) is 10.7 Å². The molecule has 24 heavy (non-hydrogen) atoms. The Morgan fingerprint density at radius 1 is 1.29 bits per heavy atom. The third kappa shape index (κ3) is 5.03. The van der Waals surface area contributed by atoms with E-state index < -0.39 is 0 Å². The van der Waals surface area contributed by atoms with Crippen molar-refractivity contribution < 1.29 is 4.74 Å². The van der Waals surface area contributed by atoms with Crippen molar-refractivity contribution in [3.8, 4) is 5.75 Å². The summed E-state index contributed by atoms with van der Waals surface area (Å²) < 4.78 is 7.12. The van der Waals surface area contributed by atoms with Crippen molar-refractivity contribution in [1.29, 1.82) is 0 Å². The maximum atomic E-state index is 5.31. The number of piperidine rings is 1. The molecular weight excluding hydrogens is 302 g/mol. The molecule has 1 fully saturated rings. The number of likely N-dealkylation sites (tertiary alicyclic amines) is 1. The fraction of sp³-hybridized carbons (Fsp3) is 0.611. The van der Waals surface area contributed by atoms with E-state index in [1.54, 1.807) is 13.4 Å². The molecule has 0 spiro atoms. The zero-order valence-corrected chi connectivity index (χ0v) is 14.5. The van der Waals surface area contributed by atoms with Crippen LogP contribution in [0.3, 0.4) is 0 Å². The van der Waals surface area contributed by atoms with Crippen LogP contribution < -0.4 is 4.74 Å². The van der Waals surface area contributed by atoms with Crippen molar-refractivity contribution in [3.63, 3.8) is 0 Å². The lowest BCUT2D eigenvalue weighted by Crippen LogP contribution is -2.36. The Balaban J connectivity index is 1.40. The van der Waals surface area contributed by atoms with Crippen LogP contribution in [0.25, 0.3) is 0 Å². The van der Waals surface area contributed by atoms with E-state index in [0.717, 1.165) is 37.6 Å². The van der Waals surface area contributed by atoms with Gasteiger partial charge in [-0.25, -0.2) is 4.68 Å². The maximum Gasteiger partial charge on any atom is 0.138 e. The quantitative estimate of drug-likeness (QED) is 0.744. The highest BCUT2D eigenvalue weighted by molar-refractivity contribution is 5.28. The lowest BCUT2D eigenvalue weighted by molar-refractivity contribution is 0.164. The van der Waals surface area contributed by atoms with E-state index in [-0.39, 0.29) is 0 Å². The minimum atomic E-state index is 0.804. The summed E-state index contributed by atoms with van der Waals surface area (Å²) in [5, 5.41) is 11.3. The summed E-state index contributed by atoms with van der Waals surface area (Å²) >= 11 is 0. The summed E-state index contributed by atoms with van der Waals surface area (Å²) in [5.74, 6) is 1.76. The molecule has 2 aromatic rings. The smallest absolute Gasteiger partial charge is 0.138 e. The molecule has 2 heterocycles. The molecule has 1 aromatic heterocycles. The van der Waals surface area contributed by atoms with Gasteiger partial charge in [0.2, 0.25) is 0 Å². The Morgan fingerprint density at radius 2 is 2.25 bits per heavy atom. The van der Waals surface area contributed by atoms with E-state index in [0.29, 0.717) is 0 Å². The van der Waals surface area contributed by atoms with Crippen molar-refractivity contribution in [1.82, 2.24) is 25.1 Å². The number of aromatic nitrogens is 4. The first-order valence-corrected chi connectivity index (χ1v) is 8.89. The number of ether oxygens (including phenoxy) is 1. The standard InChI is InChI=1S/C18H27N5O/c1-24-18-7-2-5-16(13-18)8-9-17-6-3-10-22(14-17)11-4-12-23-15-19-20-21-23/h2,5,7,13,15,17H,3-4,6,8-12,14H2,1H3. The minimum absolute atomic E-state index is 0.804. The third-order valence-electron chi connectivity index (χ3n) is 4.83. The van der Waals surface area contributed by atoms with E-state index >= 15 is 0 Å². The highest BCUT2D eigenvalue weighted by atomic mass is 16.5. The Labute approximate surface area is 143 Å². The maximum absolute atomic E-state index is 5.31. The number of hydrogen-bond acceptors (Lipinski definition) is 5. The van der Waals surface area contributed by atoms with Gasteiger partial charge in [0.15, 0.2) is 0 Å². The van der Waals surface area contributed by atoms with Gasteiger partial charge in [-0.2, -0.15) is 0 Å². The van der Waals surface area contributed by atoms with Gasteiger partial charge in [0.05, 0.1) is 7.11 Å². The normalized spacial score (nSPS) is 18.6. The molecule has 3 rings (SSSR count). The number of methoxy groups -OCH3 is 1. The molecule has 0 N–H and O–H groups in total. The number of nitrogens with zero attached hydrogens (tertiary/aromatic N) is 5. The van der Waals surface area contributed by atoms with E-state index in [4.69, 9.17) is 4.74 Å². The highest BCUT2D eigenvalue weighted by Gasteiger charge is 2.19. The van der Waals surface area contributed by atoms with E-state index in [1.165, 1.54) is 37.9 Å². The topological polar surface area (TPSA) is 56.1 Å². The Hall–Kier alpha value is -1.95. The van der Waals surface area contributed by atoms with Crippen LogP contribution in [0, 0.1) is 5.92 Å². The first-order chi connectivity index (χ1) is 11.8. The van der Waals surface area contributed by atoms with Gasteiger partial charge in [-0.1, -0.05) is 12.1 Å². The molecule has 0 bridgehead atoms. The van der Waals surface area contributed by atoms with Crippen LogP contribution in [0.5, 0.6) is 5.75 Å². The Morgan fingerprint density at radius 3 is 3.08 bits per heavy atom. The van der Waals surface area contributed by atoms with E-state index in [9.17, 15) is 0 Å². The van der Waals surface area contributed by atoms with Crippen LogP contribution in [-0.4, -0.2) is 51.9 Å². The highest BCUT2D eigenvalue weighted by Crippen LogP contribution is 2.23. The predicted molar refractivity (Wildman–Crippen MR) is 92.9 cm³/mol. The first-order valence-electron chi connectivity index (χ1n) is 8.89. The molecule has 1 aliphatic rings. The largest absolute Gasteiger partial charge is 0.497 e. The molecule has 0 saturated carbocycles. The number of benzene rings is 1. The molecule has 130 valence electrons. The first kappa shape index (κ1) is 16.9. The second-order valence-electron chi connectivity index (χ2n) is 6.63. The molecule has 1 atom stereocenters. The van der Waals surface area contributed by atoms with Crippen LogP contribution >= 0.6 is 0 Å². The van der Waals surface area contributed by atoms with Crippen molar-refractivity contribution in [2.75, 3.05) is 26.7 Å². The molecule has 1 saturated heterocycles. The second kappa shape index (κ2) is 8.78. The SMILES string of the molecule is COc1cccc(CCC2CCCN(CCCn3cnnn3)C2)c1. The molecule has 1 aliphatic heterocycles. The van der Waals surface area contributed by atoms with Crippen LogP contribution in [-0.2, 0) is 13.0 Å².